The van der Waals surface area contributed by atoms with Crippen LogP contribution in [0.25, 0.3) is 0 Å². The SMILES string of the molecule is CCCCCCCCCCCCS(=O)(=O)OF.CCCCCCCCCCCS(=O)(=O)OF.CNC.CNC. The van der Waals surface area contributed by atoms with Gasteiger partial charge in [-0.25, -0.2) is 0 Å². The van der Waals surface area contributed by atoms with E-state index < -0.39 is 20.2 Å². The van der Waals surface area contributed by atoms with Crippen molar-refractivity contribution in [2.24, 2.45) is 0 Å². The molecular formula is C27H62F2N2O6S2. The van der Waals surface area contributed by atoms with E-state index in [2.05, 4.69) is 33.3 Å². The number of rotatable bonds is 23. The quantitative estimate of drug-likeness (QED) is 0.114. The summed E-state index contributed by atoms with van der Waals surface area (Å²) in [6.07, 6.45) is 21.0. The van der Waals surface area contributed by atoms with Crippen LogP contribution < -0.4 is 10.6 Å². The molecule has 0 bridgehead atoms. The summed E-state index contributed by atoms with van der Waals surface area (Å²) in [7, 11) is -0.285. The zero-order chi connectivity index (χ0) is 30.7. The van der Waals surface area contributed by atoms with E-state index in [-0.39, 0.29) is 11.5 Å². The van der Waals surface area contributed by atoms with Crippen LogP contribution in [0.1, 0.15) is 136 Å². The van der Waals surface area contributed by atoms with E-state index in [4.69, 9.17) is 0 Å². The van der Waals surface area contributed by atoms with Gasteiger partial charge in [0.1, 0.15) is 0 Å². The normalized spacial score (nSPS) is 11.0. The smallest absolute Gasteiger partial charge is 0.297 e. The molecule has 0 aromatic rings. The van der Waals surface area contributed by atoms with E-state index in [0.29, 0.717) is 12.8 Å². The Kier molecular flexibility index (Phi) is 43.9. The summed E-state index contributed by atoms with van der Waals surface area (Å²) in [6.45, 7) is 4.39. The summed E-state index contributed by atoms with van der Waals surface area (Å²) < 4.78 is 71.2. The maximum Gasteiger partial charge on any atom is 0.297 e. The molecule has 0 heterocycles. The van der Waals surface area contributed by atoms with Gasteiger partial charge in [-0.3, -0.25) is 0 Å². The van der Waals surface area contributed by atoms with Gasteiger partial charge in [0.25, 0.3) is 20.2 Å². The number of nitrogens with one attached hydrogen (secondary N) is 2. The van der Waals surface area contributed by atoms with E-state index in [0.717, 1.165) is 38.5 Å². The lowest BCUT2D eigenvalue weighted by Crippen LogP contribution is -2.05. The minimum Gasteiger partial charge on any atom is -0.323 e. The van der Waals surface area contributed by atoms with E-state index >= 15 is 0 Å². The van der Waals surface area contributed by atoms with E-state index in [1.807, 2.05) is 28.2 Å². The van der Waals surface area contributed by atoms with Crippen LogP contribution in [0.4, 0.5) is 9.05 Å². The molecule has 0 atom stereocenters. The summed E-state index contributed by atoms with van der Waals surface area (Å²) >= 11 is 0. The Balaban J connectivity index is -0.000000261. The highest BCUT2D eigenvalue weighted by Crippen LogP contribution is 2.12. The van der Waals surface area contributed by atoms with Gasteiger partial charge in [-0.15, -0.1) is 0 Å². The van der Waals surface area contributed by atoms with Crippen molar-refractivity contribution in [1.29, 1.82) is 0 Å². The van der Waals surface area contributed by atoms with Crippen molar-refractivity contribution in [3.63, 3.8) is 0 Å². The lowest BCUT2D eigenvalue weighted by Gasteiger charge is -2.01. The van der Waals surface area contributed by atoms with Crippen LogP contribution in [0.15, 0.2) is 0 Å². The van der Waals surface area contributed by atoms with E-state index in [9.17, 15) is 25.9 Å². The Morgan fingerprint density at radius 2 is 0.615 bits per heavy atom. The second-order valence-corrected chi connectivity index (χ2v) is 13.0. The highest BCUT2D eigenvalue weighted by molar-refractivity contribution is 7.86. The molecule has 2 N–H and O–H groups in total. The topological polar surface area (TPSA) is 111 Å². The molecule has 39 heavy (non-hydrogen) atoms. The van der Waals surface area contributed by atoms with Crippen LogP contribution in [-0.4, -0.2) is 56.5 Å². The lowest BCUT2D eigenvalue weighted by molar-refractivity contribution is 0.00284. The predicted octanol–water partition coefficient (Wildman–Crippen LogP) is 7.56. The molecule has 242 valence electrons. The average molecular weight is 613 g/mol. The number of hydrogen-bond donors (Lipinski definition) is 2. The molecule has 0 amide bonds. The summed E-state index contributed by atoms with van der Waals surface area (Å²) in [6, 6.07) is 0. The minimum atomic E-state index is -3.89. The van der Waals surface area contributed by atoms with Gasteiger partial charge in [-0.1, -0.05) is 132 Å². The third kappa shape index (κ3) is 50.9. The van der Waals surface area contributed by atoms with Crippen LogP contribution >= 0.6 is 0 Å². The second kappa shape index (κ2) is 37.6. The maximum absolute atomic E-state index is 11.5. The highest BCUT2D eigenvalue weighted by Gasteiger charge is 2.10. The van der Waals surface area contributed by atoms with Crippen molar-refractivity contribution in [2.45, 2.75) is 136 Å². The Morgan fingerprint density at radius 3 is 0.795 bits per heavy atom. The van der Waals surface area contributed by atoms with Crippen LogP contribution in [-0.2, 0) is 29.0 Å². The van der Waals surface area contributed by atoms with Gasteiger partial charge in [-0.2, -0.15) is 16.8 Å². The van der Waals surface area contributed by atoms with Crippen molar-refractivity contribution in [3.05, 3.63) is 0 Å². The molecule has 0 radical (unpaired) electrons. The monoisotopic (exact) mass is 612 g/mol. The van der Waals surface area contributed by atoms with Gasteiger partial charge in [0.05, 0.1) is 11.5 Å². The zero-order valence-electron chi connectivity index (χ0n) is 25.9. The summed E-state index contributed by atoms with van der Waals surface area (Å²) in [5, 5.41) is 5.50. The van der Waals surface area contributed by atoms with Gasteiger partial charge in [0.2, 0.25) is 0 Å². The van der Waals surface area contributed by atoms with Crippen molar-refractivity contribution in [1.82, 2.24) is 10.6 Å². The van der Waals surface area contributed by atoms with Gasteiger partial charge in [0, 0.05) is 0 Å². The van der Waals surface area contributed by atoms with Crippen LogP contribution in [0.2, 0.25) is 0 Å². The molecule has 0 aliphatic carbocycles. The molecule has 0 aliphatic rings. The molecule has 0 saturated carbocycles. The standard InChI is InChI=1S/C12H25FO3S.C11H23FO3S.2C2H7N/c1-2-3-4-5-6-7-8-9-10-11-12-17(14,15)16-13;1-2-3-4-5-6-7-8-9-10-11-16(13,14)15-12;2*1-3-2/h2-12H2,1H3;2-11H2,1H3;2*3H,1-2H3. The molecule has 0 rings (SSSR count). The molecule has 8 nitrogen and oxygen atoms in total. The van der Waals surface area contributed by atoms with E-state index in [1.165, 1.54) is 70.6 Å². The van der Waals surface area contributed by atoms with Crippen LogP contribution in [0.5, 0.6) is 0 Å². The molecule has 0 saturated heterocycles. The molecule has 0 aliphatic heterocycles. The molecule has 0 fully saturated rings. The van der Waals surface area contributed by atoms with Crippen molar-refractivity contribution in [3.8, 4) is 0 Å². The van der Waals surface area contributed by atoms with Gasteiger partial charge in [0.15, 0.2) is 0 Å². The largest absolute Gasteiger partial charge is 0.323 e. The average Bonchev–Trinajstić information content (AvgIpc) is 2.90. The fourth-order valence-electron chi connectivity index (χ4n) is 3.42. The van der Waals surface area contributed by atoms with Crippen molar-refractivity contribution in [2.75, 3.05) is 39.7 Å². The van der Waals surface area contributed by atoms with Crippen molar-refractivity contribution < 1.29 is 34.7 Å². The molecule has 0 spiro atoms. The Hall–Kier alpha value is -0.400. The predicted molar refractivity (Wildman–Crippen MR) is 161 cm³/mol. The maximum atomic E-state index is 11.5. The highest BCUT2D eigenvalue weighted by atomic mass is 32.2. The van der Waals surface area contributed by atoms with Crippen LogP contribution in [0.3, 0.4) is 0 Å². The summed E-state index contributed by atoms with van der Waals surface area (Å²) in [4.78, 5) is 0. The molecule has 0 unspecified atom stereocenters. The fraction of sp³-hybridized carbons (Fsp3) is 1.00. The molecule has 12 heteroatoms. The lowest BCUT2D eigenvalue weighted by atomic mass is 10.1. The Bertz CT molecular complexity index is 638. The third-order valence-corrected chi connectivity index (χ3v) is 7.40. The first-order chi connectivity index (χ1) is 18.6. The number of halogens is 2. The molecular weight excluding hydrogens is 550 g/mol. The minimum absolute atomic E-state index is 0.208. The molecule has 0 aromatic carbocycles. The van der Waals surface area contributed by atoms with Gasteiger partial charge in [-0.05, 0) is 50.1 Å². The third-order valence-electron chi connectivity index (χ3n) is 5.44. The first-order valence-corrected chi connectivity index (χ1v) is 18.0. The van der Waals surface area contributed by atoms with E-state index in [1.54, 1.807) is 0 Å². The summed E-state index contributed by atoms with van der Waals surface area (Å²) in [5.74, 6) is -0.417. The Morgan fingerprint density at radius 1 is 0.436 bits per heavy atom. The second-order valence-electron chi connectivity index (χ2n) is 9.66. The number of hydrogen-bond acceptors (Lipinski definition) is 8. The van der Waals surface area contributed by atoms with Crippen LogP contribution in [0, 0.1) is 0 Å². The Labute approximate surface area is 240 Å². The summed E-state index contributed by atoms with van der Waals surface area (Å²) in [5.41, 5.74) is 0. The van der Waals surface area contributed by atoms with Gasteiger partial charge >= 0.3 is 0 Å². The van der Waals surface area contributed by atoms with Gasteiger partial charge < -0.3 is 10.6 Å². The number of unbranched alkanes of at least 4 members (excludes halogenated alkanes) is 17. The zero-order valence-corrected chi connectivity index (χ0v) is 27.5. The first-order valence-electron chi connectivity index (χ1n) is 14.8. The fourth-order valence-corrected chi connectivity index (χ4v) is 4.66. The van der Waals surface area contributed by atoms with Crippen molar-refractivity contribution >= 4 is 20.2 Å². The molecule has 0 aromatic heterocycles. The first kappa shape index (κ1) is 45.6.